The van der Waals surface area contributed by atoms with E-state index in [4.69, 9.17) is 0 Å². The number of hydrogen-bond donors (Lipinski definition) is 2. The third-order valence-corrected chi connectivity index (χ3v) is 4.38. The second kappa shape index (κ2) is 4.62. The highest BCUT2D eigenvalue weighted by Crippen LogP contribution is 2.41. The summed E-state index contributed by atoms with van der Waals surface area (Å²) in [6, 6.07) is 8.88. The Morgan fingerprint density at radius 1 is 1.17 bits per heavy atom. The Kier molecular flexibility index (Phi) is 2.78. The molecule has 1 spiro atoms. The Morgan fingerprint density at radius 2 is 2.00 bits per heavy atom. The number of aryl methyl sites for hydroxylation is 1. The van der Waals surface area contributed by atoms with E-state index in [0.29, 0.717) is 22.5 Å². The number of fused-ring (bicyclic) bond motifs is 2. The van der Waals surface area contributed by atoms with Gasteiger partial charge in [0, 0.05) is 17.7 Å². The first-order chi connectivity index (χ1) is 11.0. The summed E-state index contributed by atoms with van der Waals surface area (Å²) < 4.78 is 27.0. The number of hydrazone groups is 1. The molecule has 0 aliphatic carbocycles. The lowest BCUT2D eigenvalue weighted by Gasteiger charge is -2.20. The molecular formula is C17H13F2N3O. The molecule has 4 nitrogen and oxygen atoms in total. The van der Waals surface area contributed by atoms with Crippen LogP contribution >= 0.6 is 0 Å². The number of nitrogens with one attached hydrogen (secondary N) is 2. The summed E-state index contributed by atoms with van der Waals surface area (Å²) in [7, 11) is 0. The van der Waals surface area contributed by atoms with E-state index >= 15 is 0 Å². The lowest BCUT2D eigenvalue weighted by molar-refractivity contribution is -0.121. The van der Waals surface area contributed by atoms with Crippen LogP contribution in [0.25, 0.3) is 0 Å². The summed E-state index contributed by atoms with van der Waals surface area (Å²) in [6.07, 6.45) is 0.278. The summed E-state index contributed by atoms with van der Waals surface area (Å²) >= 11 is 0. The first-order valence-corrected chi connectivity index (χ1v) is 7.21. The van der Waals surface area contributed by atoms with Crippen molar-refractivity contribution in [3.05, 3.63) is 64.7 Å². The average molecular weight is 313 g/mol. The largest absolute Gasteiger partial charge is 0.323 e. The van der Waals surface area contributed by atoms with Crippen molar-refractivity contribution in [2.24, 2.45) is 5.10 Å². The molecule has 0 unspecified atom stereocenters. The summed E-state index contributed by atoms with van der Waals surface area (Å²) in [5.74, 6) is -0.968. The van der Waals surface area contributed by atoms with Gasteiger partial charge in [-0.3, -0.25) is 10.2 Å². The van der Waals surface area contributed by atoms with Crippen LogP contribution in [0.5, 0.6) is 0 Å². The van der Waals surface area contributed by atoms with Crippen LogP contribution in [0.2, 0.25) is 0 Å². The molecule has 0 bridgehead atoms. The molecule has 0 saturated carbocycles. The third kappa shape index (κ3) is 1.94. The topological polar surface area (TPSA) is 53.5 Å². The van der Waals surface area contributed by atoms with E-state index in [1.807, 2.05) is 0 Å². The number of rotatable bonds is 1. The maximum atomic E-state index is 13.6. The normalized spacial score (nSPS) is 21.9. The average Bonchev–Trinajstić information content (AvgIpc) is 3.08. The van der Waals surface area contributed by atoms with Crippen LogP contribution in [0.1, 0.15) is 23.1 Å². The number of halogens is 2. The molecule has 0 radical (unpaired) electrons. The molecule has 2 aliphatic heterocycles. The second-order valence-corrected chi connectivity index (χ2v) is 5.86. The van der Waals surface area contributed by atoms with Gasteiger partial charge in [-0.15, -0.1) is 0 Å². The summed E-state index contributed by atoms with van der Waals surface area (Å²) in [5, 5.41) is 7.00. The lowest BCUT2D eigenvalue weighted by atomic mass is 9.86. The van der Waals surface area contributed by atoms with Gasteiger partial charge in [0.15, 0.2) is 5.54 Å². The number of nitrogens with zero attached hydrogens (tertiary/aromatic N) is 1. The van der Waals surface area contributed by atoms with Crippen molar-refractivity contribution in [3.8, 4) is 0 Å². The lowest BCUT2D eigenvalue weighted by Crippen LogP contribution is -2.42. The van der Waals surface area contributed by atoms with Gasteiger partial charge < -0.3 is 5.32 Å². The molecule has 2 aromatic rings. The van der Waals surface area contributed by atoms with Crippen LogP contribution in [0.4, 0.5) is 14.5 Å². The van der Waals surface area contributed by atoms with E-state index in [9.17, 15) is 13.6 Å². The fourth-order valence-electron chi connectivity index (χ4n) is 3.10. The zero-order valence-electron chi connectivity index (χ0n) is 12.3. The molecule has 1 amide bonds. The maximum Gasteiger partial charge on any atom is 0.256 e. The zero-order valence-corrected chi connectivity index (χ0v) is 12.3. The molecule has 2 N–H and O–H groups in total. The Hall–Kier alpha value is -2.76. The van der Waals surface area contributed by atoms with E-state index in [1.165, 1.54) is 18.2 Å². The van der Waals surface area contributed by atoms with Crippen molar-refractivity contribution >= 4 is 17.3 Å². The number of carbonyl (C=O) groups is 1. The molecule has 2 aliphatic rings. The maximum absolute atomic E-state index is 13.6. The van der Waals surface area contributed by atoms with Crippen LogP contribution in [-0.4, -0.2) is 11.6 Å². The van der Waals surface area contributed by atoms with Gasteiger partial charge in [0.25, 0.3) is 5.91 Å². The fraction of sp³-hybridized carbons (Fsp3) is 0.176. The van der Waals surface area contributed by atoms with E-state index < -0.39 is 11.4 Å². The van der Waals surface area contributed by atoms with Gasteiger partial charge in [0.05, 0.1) is 5.71 Å². The Morgan fingerprint density at radius 3 is 2.78 bits per heavy atom. The zero-order chi connectivity index (χ0) is 16.2. The molecule has 4 rings (SSSR count). The summed E-state index contributed by atoms with van der Waals surface area (Å²) in [4.78, 5) is 12.4. The minimum absolute atomic E-state index is 0.268. The van der Waals surface area contributed by atoms with Crippen molar-refractivity contribution < 1.29 is 13.6 Å². The minimum atomic E-state index is -1.10. The summed E-state index contributed by atoms with van der Waals surface area (Å²) in [5.41, 5.74) is 4.77. The number of hydrogen-bond acceptors (Lipinski definition) is 3. The second-order valence-electron chi connectivity index (χ2n) is 5.86. The van der Waals surface area contributed by atoms with Crippen molar-refractivity contribution in [2.45, 2.75) is 18.9 Å². The molecule has 1 atom stereocenters. The van der Waals surface area contributed by atoms with Gasteiger partial charge in [-0.1, -0.05) is 6.07 Å². The van der Waals surface area contributed by atoms with Gasteiger partial charge in [-0.25, -0.2) is 8.78 Å². The van der Waals surface area contributed by atoms with Crippen LogP contribution in [0, 0.1) is 18.6 Å². The third-order valence-electron chi connectivity index (χ3n) is 4.38. The number of carbonyl (C=O) groups excluding carboxylic acids is 1. The highest BCUT2D eigenvalue weighted by molar-refractivity contribution is 6.13. The van der Waals surface area contributed by atoms with E-state index in [0.717, 1.165) is 5.56 Å². The van der Waals surface area contributed by atoms with Crippen molar-refractivity contribution in [1.29, 1.82) is 0 Å². The van der Waals surface area contributed by atoms with Crippen LogP contribution in [0.15, 0.2) is 41.5 Å². The molecule has 116 valence electrons. The van der Waals surface area contributed by atoms with Crippen LogP contribution in [-0.2, 0) is 10.3 Å². The Balaban J connectivity index is 1.73. The SMILES string of the molecule is Cc1cc(C2=NN[C@@]3(C2)C(=O)Nc2ccc(F)cc23)ccc1F. The highest BCUT2D eigenvalue weighted by atomic mass is 19.1. The first-order valence-electron chi connectivity index (χ1n) is 7.21. The molecular weight excluding hydrogens is 300 g/mol. The molecule has 0 saturated heterocycles. The van der Waals surface area contributed by atoms with E-state index in [1.54, 1.807) is 25.1 Å². The fourth-order valence-corrected chi connectivity index (χ4v) is 3.10. The number of benzene rings is 2. The highest BCUT2D eigenvalue weighted by Gasteiger charge is 2.50. The van der Waals surface area contributed by atoms with Gasteiger partial charge in [0.1, 0.15) is 11.6 Å². The molecule has 0 fully saturated rings. The Labute approximate surface area is 131 Å². The van der Waals surface area contributed by atoms with Crippen molar-refractivity contribution in [2.75, 3.05) is 5.32 Å². The predicted molar refractivity (Wildman–Crippen MR) is 82.1 cm³/mol. The number of amides is 1. The summed E-state index contributed by atoms with van der Waals surface area (Å²) in [6.45, 7) is 1.67. The van der Waals surface area contributed by atoms with Gasteiger partial charge >= 0.3 is 0 Å². The predicted octanol–water partition coefficient (Wildman–Crippen LogP) is 2.82. The van der Waals surface area contributed by atoms with Crippen LogP contribution < -0.4 is 10.7 Å². The van der Waals surface area contributed by atoms with Gasteiger partial charge in [-0.05, 0) is 48.4 Å². The monoisotopic (exact) mass is 313 g/mol. The first kappa shape index (κ1) is 13.9. The van der Waals surface area contributed by atoms with Crippen molar-refractivity contribution in [3.63, 3.8) is 0 Å². The van der Waals surface area contributed by atoms with Gasteiger partial charge in [-0.2, -0.15) is 5.10 Å². The quantitative estimate of drug-likeness (QED) is 0.850. The van der Waals surface area contributed by atoms with E-state index in [2.05, 4.69) is 15.8 Å². The van der Waals surface area contributed by atoms with E-state index in [-0.39, 0.29) is 18.1 Å². The number of anilines is 1. The molecule has 23 heavy (non-hydrogen) atoms. The molecule has 6 heteroatoms. The molecule has 0 aromatic heterocycles. The molecule has 2 heterocycles. The van der Waals surface area contributed by atoms with Gasteiger partial charge in [0.2, 0.25) is 0 Å². The smallest absolute Gasteiger partial charge is 0.256 e. The Bertz CT molecular complexity index is 878. The van der Waals surface area contributed by atoms with Crippen LogP contribution in [0.3, 0.4) is 0 Å². The standard InChI is InChI=1S/C17H13F2N3O/c1-9-6-10(2-4-13(9)19)15-8-17(22-21-15)12-7-11(18)3-5-14(12)20-16(17)23/h2-7,22H,8H2,1H3,(H,20,23)/t17-/m1/s1. The van der Waals surface area contributed by atoms with Crippen molar-refractivity contribution in [1.82, 2.24) is 5.43 Å². The molecule has 2 aromatic carbocycles. The minimum Gasteiger partial charge on any atom is -0.323 e.